The summed E-state index contributed by atoms with van der Waals surface area (Å²) in [5, 5.41) is -0.0381. The van der Waals surface area contributed by atoms with Gasteiger partial charge in [0.1, 0.15) is 5.17 Å². The van der Waals surface area contributed by atoms with Crippen LogP contribution < -0.4 is 0 Å². The third-order valence-electron chi connectivity index (χ3n) is 2.58. The molecule has 98 valence electrons. The second-order valence-electron chi connectivity index (χ2n) is 3.99. The van der Waals surface area contributed by atoms with Crippen molar-refractivity contribution in [3.05, 3.63) is 65.7 Å². The quantitative estimate of drug-likeness (QED) is 0.815. The van der Waals surface area contributed by atoms with Gasteiger partial charge in [0.25, 0.3) is 10.0 Å². The topological polar surface area (TPSA) is 46.5 Å². The lowest BCUT2D eigenvalue weighted by atomic mass is 10.2. The van der Waals surface area contributed by atoms with Crippen molar-refractivity contribution in [1.82, 2.24) is 0 Å². The molecule has 0 fully saturated rings. The fourth-order valence-electron chi connectivity index (χ4n) is 1.63. The highest BCUT2D eigenvalue weighted by Gasteiger charge is 2.16. The molecule has 2 aromatic carbocycles. The smallest absolute Gasteiger partial charge is 0.199 e. The first kappa shape index (κ1) is 13.8. The molecule has 0 atom stereocenters. The molecule has 3 nitrogen and oxygen atoms in total. The van der Waals surface area contributed by atoms with Crippen molar-refractivity contribution in [3.63, 3.8) is 0 Å². The number of halogens is 1. The summed E-state index contributed by atoms with van der Waals surface area (Å²) in [4.78, 5) is 0.170. The van der Waals surface area contributed by atoms with E-state index in [-0.39, 0.29) is 10.1 Å². The fourth-order valence-corrected chi connectivity index (χ4v) is 3.17. The highest BCUT2D eigenvalue weighted by molar-refractivity contribution is 7.90. The zero-order valence-corrected chi connectivity index (χ0v) is 11.8. The monoisotopic (exact) mass is 293 g/mol. The average molecular weight is 294 g/mol. The van der Waals surface area contributed by atoms with Gasteiger partial charge >= 0.3 is 0 Å². The largest absolute Gasteiger partial charge is 0.283 e. The van der Waals surface area contributed by atoms with E-state index in [0.29, 0.717) is 11.1 Å². The molecule has 0 aliphatic heterocycles. The van der Waals surface area contributed by atoms with Crippen LogP contribution in [-0.2, 0) is 10.0 Å². The van der Waals surface area contributed by atoms with E-state index in [1.165, 1.54) is 6.07 Å². The van der Waals surface area contributed by atoms with Gasteiger partial charge in [0, 0.05) is 5.56 Å². The summed E-state index contributed by atoms with van der Waals surface area (Å²) in [6.45, 7) is 1.72. The predicted molar refractivity (Wildman–Crippen MR) is 77.2 cm³/mol. The maximum Gasteiger partial charge on any atom is 0.283 e. The van der Waals surface area contributed by atoms with Gasteiger partial charge in [-0.1, -0.05) is 60.1 Å². The second kappa shape index (κ2) is 5.55. The van der Waals surface area contributed by atoms with Gasteiger partial charge < -0.3 is 0 Å². The number of hydrogen-bond acceptors (Lipinski definition) is 2. The Morgan fingerprint density at radius 3 is 2.21 bits per heavy atom. The van der Waals surface area contributed by atoms with E-state index in [9.17, 15) is 8.42 Å². The molecular formula is C14H12ClNO2S. The lowest BCUT2D eigenvalue weighted by Crippen LogP contribution is -2.03. The Balaban J connectivity index is 2.45. The molecule has 5 heteroatoms. The first-order valence-electron chi connectivity index (χ1n) is 5.62. The fraction of sp³-hybridized carbons (Fsp3) is 0.0714. The molecule has 0 unspecified atom stereocenters. The number of sulfonamides is 1. The van der Waals surface area contributed by atoms with Crippen LogP contribution in [0, 0.1) is 6.92 Å². The van der Waals surface area contributed by atoms with E-state index in [4.69, 9.17) is 11.6 Å². The van der Waals surface area contributed by atoms with Crippen molar-refractivity contribution in [3.8, 4) is 0 Å². The van der Waals surface area contributed by atoms with Crippen LogP contribution in [0.25, 0.3) is 0 Å². The highest BCUT2D eigenvalue weighted by Crippen LogP contribution is 2.18. The average Bonchev–Trinajstić information content (AvgIpc) is 2.39. The molecule has 19 heavy (non-hydrogen) atoms. The molecule has 0 heterocycles. The number of nitrogens with zero attached hydrogens (tertiary/aromatic N) is 1. The summed E-state index contributed by atoms with van der Waals surface area (Å²) in [6, 6.07) is 15.5. The van der Waals surface area contributed by atoms with Crippen molar-refractivity contribution in [2.75, 3.05) is 0 Å². The molecule has 0 radical (unpaired) electrons. The van der Waals surface area contributed by atoms with Gasteiger partial charge in [-0.25, -0.2) is 0 Å². The summed E-state index contributed by atoms with van der Waals surface area (Å²) in [6.07, 6.45) is 0. The lowest BCUT2D eigenvalue weighted by molar-refractivity contribution is 0.597. The summed E-state index contributed by atoms with van der Waals surface area (Å²) >= 11 is 5.96. The SMILES string of the molecule is Cc1ccccc1S(=O)(=O)/N=C(/Cl)c1ccccc1. The molecular weight excluding hydrogens is 282 g/mol. The van der Waals surface area contributed by atoms with E-state index in [1.54, 1.807) is 49.4 Å². The summed E-state index contributed by atoms with van der Waals surface area (Å²) in [7, 11) is -3.78. The standard InChI is InChI=1S/C14H12ClNO2S/c1-11-7-5-6-10-13(11)19(17,18)16-14(15)12-8-3-2-4-9-12/h2-10H,1H3/b16-14+. The molecule has 0 aliphatic rings. The van der Waals surface area contributed by atoms with Crippen LogP contribution in [-0.4, -0.2) is 13.6 Å². The highest BCUT2D eigenvalue weighted by atomic mass is 35.5. The predicted octanol–water partition coefficient (Wildman–Crippen LogP) is 3.37. The third kappa shape index (κ3) is 3.22. The third-order valence-corrected chi connectivity index (χ3v) is 4.42. The maximum absolute atomic E-state index is 12.2. The van der Waals surface area contributed by atoms with Gasteiger partial charge in [0.05, 0.1) is 4.90 Å². The van der Waals surface area contributed by atoms with Crippen molar-refractivity contribution >= 4 is 26.8 Å². The number of rotatable bonds is 3. The molecule has 0 amide bonds. The normalized spacial score (nSPS) is 12.4. The summed E-state index contributed by atoms with van der Waals surface area (Å²) in [5.74, 6) is 0. The summed E-state index contributed by atoms with van der Waals surface area (Å²) < 4.78 is 28.0. The van der Waals surface area contributed by atoms with E-state index in [0.717, 1.165) is 0 Å². The van der Waals surface area contributed by atoms with Crippen LogP contribution in [0.15, 0.2) is 63.9 Å². The van der Waals surface area contributed by atoms with Gasteiger partial charge in [0.2, 0.25) is 0 Å². The van der Waals surface area contributed by atoms with Crippen molar-refractivity contribution < 1.29 is 8.42 Å². The minimum Gasteiger partial charge on any atom is -0.199 e. The van der Waals surface area contributed by atoms with E-state index >= 15 is 0 Å². The molecule has 0 bridgehead atoms. The van der Waals surface area contributed by atoms with Gasteiger partial charge in [-0.05, 0) is 18.6 Å². The number of aryl methyl sites for hydroxylation is 1. The minimum absolute atomic E-state index is 0.0381. The number of benzene rings is 2. The van der Waals surface area contributed by atoms with Crippen molar-refractivity contribution in [2.45, 2.75) is 11.8 Å². The Kier molecular flexibility index (Phi) is 4.02. The molecule has 0 saturated carbocycles. The molecule has 0 spiro atoms. The van der Waals surface area contributed by atoms with E-state index < -0.39 is 10.0 Å². The molecule has 0 aliphatic carbocycles. The zero-order chi connectivity index (χ0) is 13.9. The lowest BCUT2D eigenvalue weighted by Gasteiger charge is -2.03. The van der Waals surface area contributed by atoms with Crippen molar-refractivity contribution in [1.29, 1.82) is 0 Å². The van der Waals surface area contributed by atoms with Crippen LogP contribution in [0.1, 0.15) is 11.1 Å². The van der Waals surface area contributed by atoms with E-state index in [2.05, 4.69) is 4.40 Å². The second-order valence-corrected chi connectivity index (χ2v) is 5.92. The zero-order valence-electron chi connectivity index (χ0n) is 10.2. The van der Waals surface area contributed by atoms with Crippen LogP contribution in [0.4, 0.5) is 0 Å². The Labute approximate surface area is 117 Å². The van der Waals surface area contributed by atoms with Crippen LogP contribution in [0.2, 0.25) is 0 Å². The first-order chi connectivity index (χ1) is 9.00. The number of hydrogen-bond donors (Lipinski definition) is 0. The van der Waals surface area contributed by atoms with Gasteiger partial charge in [-0.3, -0.25) is 0 Å². The van der Waals surface area contributed by atoms with Crippen LogP contribution in [0.5, 0.6) is 0 Å². The van der Waals surface area contributed by atoms with Crippen molar-refractivity contribution in [2.24, 2.45) is 4.40 Å². The van der Waals surface area contributed by atoms with Gasteiger partial charge in [-0.2, -0.15) is 8.42 Å². The Morgan fingerprint density at radius 1 is 1.00 bits per heavy atom. The maximum atomic E-state index is 12.2. The molecule has 0 N–H and O–H groups in total. The van der Waals surface area contributed by atoms with Gasteiger partial charge in [-0.15, -0.1) is 4.40 Å². The van der Waals surface area contributed by atoms with Crippen LogP contribution in [0.3, 0.4) is 0 Å². The molecule has 2 aromatic rings. The first-order valence-corrected chi connectivity index (χ1v) is 7.44. The van der Waals surface area contributed by atoms with Gasteiger partial charge in [0.15, 0.2) is 0 Å². The Morgan fingerprint density at radius 2 is 1.58 bits per heavy atom. The van der Waals surface area contributed by atoms with Crippen LogP contribution >= 0.6 is 11.6 Å². The molecule has 0 saturated heterocycles. The minimum atomic E-state index is -3.78. The van der Waals surface area contributed by atoms with E-state index in [1.807, 2.05) is 6.07 Å². The Hall–Kier alpha value is -1.65. The Bertz CT molecular complexity index is 709. The molecule has 2 rings (SSSR count). The molecule has 0 aromatic heterocycles. The summed E-state index contributed by atoms with van der Waals surface area (Å²) in [5.41, 5.74) is 1.21.